The average molecular weight is 336 g/mol. The van der Waals surface area contributed by atoms with Crippen LogP contribution in [-0.2, 0) is 7.05 Å². The van der Waals surface area contributed by atoms with Gasteiger partial charge in [0, 0.05) is 47.7 Å². The summed E-state index contributed by atoms with van der Waals surface area (Å²) in [4.78, 5) is 4.63. The number of hydrogen-bond donors (Lipinski definition) is 1. The number of hydrogen-bond acceptors (Lipinski definition) is 3. The van der Waals surface area contributed by atoms with Gasteiger partial charge in [-0.3, -0.25) is 8.65 Å². The Labute approximate surface area is 147 Å². The Hall–Kier alpha value is -2.27. The van der Waals surface area contributed by atoms with Gasteiger partial charge in [-0.15, -0.1) is 0 Å². The highest BCUT2D eigenvalue weighted by molar-refractivity contribution is 7.78. The van der Waals surface area contributed by atoms with E-state index in [1.807, 2.05) is 36.5 Å². The van der Waals surface area contributed by atoms with Crippen LogP contribution in [0.5, 0.6) is 0 Å². The maximum absolute atomic E-state index is 4.63. The minimum Gasteiger partial charge on any atom is -0.277 e. The fourth-order valence-corrected chi connectivity index (χ4v) is 3.35. The molecule has 0 amide bonds. The maximum atomic E-state index is 4.63. The van der Waals surface area contributed by atoms with E-state index < -0.39 is 0 Å². The molecule has 0 saturated carbocycles. The molecule has 0 saturated heterocycles. The highest BCUT2D eigenvalue weighted by Gasteiger charge is 2.18. The third-order valence-electron chi connectivity index (χ3n) is 4.54. The normalized spacial score (nSPS) is 16.6. The van der Waals surface area contributed by atoms with Crippen LogP contribution in [0.2, 0.25) is 0 Å². The Morgan fingerprint density at radius 3 is 2.67 bits per heavy atom. The minimum absolute atomic E-state index is 0.232. The molecule has 0 atom stereocenters. The van der Waals surface area contributed by atoms with Gasteiger partial charge in [-0.05, 0) is 23.5 Å². The molecule has 0 unspecified atom stereocenters. The van der Waals surface area contributed by atoms with E-state index in [4.69, 9.17) is 0 Å². The molecule has 0 spiro atoms. The van der Waals surface area contributed by atoms with Crippen LogP contribution in [0.15, 0.2) is 49.1 Å². The first-order valence-electron chi connectivity index (χ1n) is 8.02. The number of aromatic nitrogens is 4. The van der Waals surface area contributed by atoms with Gasteiger partial charge in [0.1, 0.15) is 5.65 Å². The second-order valence-corrected chi connectivity index (χ2v) is 7.50. The quantitative estimate of drug-likeness (QED) is 0.700. The summed E-state index contributed by atoms with van der Waals surface area (Å²) in [5, 5.41) is 5.37. The largest absolute Gasteiger partial charge is 0.277 e. The summed E-state index contributed by atoms with van der Waals surface area (Å²) in [6.07, 6.45) is 15.6. The van der Waals surface area contributed by atoms with Gasteiger partial charge in [0.25, 0.3) is 0 Å². The number of thiol groups is 1. The van der Waals surface area contributed by atoms with E-state index in [9.17, 15) is 0 Å². The van der Waals surface area contributed by atoms with E-state index in [0.29, 0.717) is 0 Å². The van der Waals surface area contributed by atoms with E-state index in [1.165, 1.54) is 5.57 Å². The van der Waals surface area contributed by atoms with Crippen LogP contribution >= 0.6 is 12.8 Å². The Kier molecular flexibility index (Phi) is 3.42. The lowest BCUT2D eigenvalue weighted by molar-refractivity contribution is 0.485. The highest BCUT2D eigenvalue weighted by Crippen LogP contribution is 2.35. The average Bonchev–Trinajstić information content (AvgIpc) is 3.11. The Bertz CT molecular complexity index is 988. The van der Waals surface area contributed by atoms with Gasteiger partial charge < -0.3 is 0 Å². The molecule has 4 rings (SSSR count). The number of aryl methyl sites for hydroxylation is 1. The van der Waals surface area contributed by atoms with Crippen LogP contribution in [0.3, 0.4) is 0 Å². The first-order valence-corrected chi connectivity index (χ1v) is 8.42. The molecule has 24 heavy (non-hydrogen) atoms. The second kappa shape index (κ2) is 5.38. The Morgan fingerprint density at radius 1 is 1.17 bits per heavy atom. The maximum Gasteiger partial charge on any atom is 0.150 e. The van der Waals surface area contributed by atoms with Crippen molar-refractivity contribution in [2.75, 3.05) is 0 Å². The van der Waals surface area contributed by atoms with Crippen LogP contribution in [-0.4, -0.2) is 18.7 Å². The fourth-order valence-electron chi connectivity index (χ4n) is 3.08. The topological polar surface area (TPSA) is 35.6 Å². The molecular weight excluding hydrogens is 316 g/mol. The summed E-state index contributed by atoms with van der Waals surface area (Å²) in [7, 11) is 1.92. The first-order chi connectivity index (χ1) is 11.4. The molecule has 0 fully saturated rings. The van der Waals surface area contributed by atoms with E-state index in [-0.39, 0.29) is 5.41 Å². The predicted molar refractivity (Wildman–Crippen MR) is 102 cm³/mol. The van der Waals surface area contributed by atoms with Gasteiger partial charge in [-0.25, -0.2) is 4.98 Å². The lowest BCUT2D eigenvalue weighted by Gasteiger charge is -2.22. The molecule has 0 bridgehead atoms. The molecule has 3 aromatic heterocycles. The zero-order chi connectivity index (χ0) is 16.9. The Balaban J connectivity index is 1.83. The summed E-state index contributed by atoms with van der Waals surface area (Å²) in [5.41, 5.74) is 5.64. The molecule has 5 heteroatoms. The van der Waals surface area contributed by atoms with Crippen molar-refractivity contribution in [1.29, 1.82) is 0 Å². The lowest BCUT2D eigenvalue weighted by Crippen LogP contribution is -2.08. The van der Waals surface area contributed by atoms with Crippen LogP contribution in [0.25, 0.3) is 27.7 Å². The third-order valence-corrected chi connectivity index (χ3v) is 4.84. The standard InChI is InChI=1S/C19H20N4S/c1-19(2)6-4-13(5-7-19)14-8-16-17(15-10-21-22(3)11-15)12-23(24)18(16)20-9-14/h4-6,8-12,24H,7H2,1-3H3. The number of allylic oxidation sites excluding steroid dienone is 4. The van der Waals surface area contributed by atoms with Crippen molar-refractivity contribution in [2.24, 2.45) is 12.5 Å². The molecule has 1 aliphatic rings. The second-order valence-electron chi connectivity index (χ2n) is 7.07. The predicted octanol–water partition coefficient (Wildman–Crippen LogP) is 4.50. The molecule has 3 heterocycles. The van der Waals surface area contributed by atoms with Gasteiger partial charge in [-0.1, -0.05) is 44.9 Å². The van der Waals surface area contributed by atoms with Crippen molar-refractivity contribution in [3.05, 3.63) is 54.6 Å². The molecular formula is C19H20N4S. The van der Waals surface area contributed by atoms with E-state index >= 15 is 0 Å². The molecule has 4 nitrogen and oxygen atoms in total. The van der Waals surface area contributed by atoms with Crippen LogP contribution in [0, 0.1) is 5.41 Å². The molecule has 1 aliphatic carbocycles. The van der Waals surface area contributed by atoms with Crippen molar-refractivity contribution >= 4 is 29.4 Å². The van der Waals surface area contributed by atoms with Crippen molar-refractivity contribution in [1.82, 2.24) is 18.7 Å². The smallest absolute Gasteiger partial charge is 0.150 e. The third kappa shape index (κ3) is 2.59. The zero-order valence-electron chi connectivity index (χ0n) is 14.1. The van der Waals surface area contributed by atoms with Crippen LogP contribution in [0.4, 0.5) is 0 Å². The number of fused-ring (bicyclic) bond motifs is 1. The number of rotatable bonds is 2. The van der Waals surface area contributed by atoms with Gasteiger partial charge in [0.15, 0.2) is 0 Å². The Morgan fingerprint density at radius 2 is 2.00 bits per heavy atom. The highest BCUT2D eigenvalue weighted by atomic mass is 32.1. The molecule has 0 aliphatic heterocycles. The van der Waals surface area contributed by atoms with Crippen molar-refractivity contribution in [2.45, 2.75) is 20.3 Å². The lowest BCUT2D eigenvalue weighted by atomic mass is 9.83. The molecule has 0 N–H and O–H groups in total. The SMILES string of the molecule is Cn1cc(-c2cn(S)c3ncc(C4=CCC(C)(C)C=C4)cc23)cn1. The fraction of sp³-hybridized carbons (Fsp3) is 0.263. The van der Waals surface area contributed by atoms with E-state index in [2.05, 4.69) is 61.0 Å². The van der Waals surface area contributed by atoms with Crippen LogP contribution < -0.4 is 0 Å². The number of nitrogens with zero attached hydrogens (tertiary/aromatic N) is 4. The van der Waals surface area contributed by atoms with Gasteiger partial charge in [0.05, 0.1) is 6.20 Å². The summed E-state index contributed by atoms with van der Waals surface area (Å²) < 4.78 is 3.58. The number of pyridine rings is 1. The van der Waals surface area contributed by atoms with E-state index in [1.54, 1.807) is 3.97 Å². The first kappa shape index (κ1) is 15.3. The minimum atomic E-state index is 0.232. The molecule has 0 radical (unpaired) electrons. The zero-order valence-corrected chi connectivity index (χ0v) is 15.0. The van der Waals surface area contributed by atoms with E-state index in [0.717, 1.165) is 34.1 Å². The molecule has 3 aromatic rings. The summed E-state index contributed by atoms with van der Waals surface area (Å²) in [5.74, 6) is 0. The summed E-state index contributed by atoms with van der Waals surface area (Å²) >= 11 is 4.51. The molecule has 122 valence electrons. The van der Waals surface area contributed by atoms with Gasteiger partial charge >= 0.3 is 0 Å². The molecule has 0 aromatic carbocycles. The monoisotopic (exact) mass is 336 g/mol. The van der Waals surface area contributed by atoms with Gasteiger partial charge in [-0.2, -0.15) is 5.10 Å². The van der Waals surface area contributed by atoms with Gasteiger partial charge in [0.2, 0.25) is 0 Å². The van der Waals surface area contributed by atoms with Crippen molar-refractivity contribution in [3.63, 3.8) is 0 Å². The van der Waals surface area contributed by atoms with Crippen molar-refractivity contribution in [3.8, 4) is 11.1 Å². The van der Waals surface area contributed by atoms with Crippen LogP contribution in [0.1, 0.15) is 25.8 Å². The van der Waals surface area contributed by atoms with Crippen molar-refractivity contribution < 1.29 is 0 Å². The summed E-state index contributed by atoms with van der Waals surface area (Å²) in [6.45, 7) is 4.50. The summed E-state index contributed by atoms with van der Waals surface area (Å²) in [6, 6.07) is 2.20.